The third kappa shape index (κ3) is 5.72. The number of carbonyl (C=O) groups is 2. The molecule has 41 heavy (non-hydrogen) atoms. The fourth-order valence-electron chi connectivity index (χ4n) is 5.74. The van der Waals surface area contributed by atoms with Crippen LogP contribution in [0.5, 0.6) is 11.5 Å². The number of rotatable bonds is 5. The van der Waals surface area contributed by atoms with Crippen molar-refractivity contribution in [1.29, 1.82) is 5.26 Å². The van der Waals surface area contributed by atoms with Crippen molar-refractivity contribution < 1.29 is 45.9 Å². The van der Waals surface area contributed by atoms with E-state index in [2.05, 4.69) is 15.1 Å². The second-order valence-electron chi connectivity index (χ2n) is 9.96. The van der Waals surface area contributed by atoms with Crippen LogP contribution in [0.2, 0.25) is 0 Å². The number of hydrogen-bond acceptors (Lipinski definition) is 7. The number of alkyl halides is 3. The molecule has 2 aliphatic rings. The van der Waals surface area contributed by atoms with Crippen LogP contribution in [0.1, 0.15) is 36.8 Å². The zero-order valence-electron chi connectivity index (χ0n) is 22.3. The number of nitrogens with one attached hydrogen (secondary N) is 1. The lowest BCUT2D eigenvalue weighted by molar-refractivity contribution is -0.199. The van der Waals surface area contributed by atoms with Gasteiger partial charge in [0, 0.05) is 23.6 Å². The lowest BCUT2D eigenvalue weighted by atomic mass is 9.65. The number of halogens is 5. The number of anilines is 1. The van der Waals surface area contributed by atoms with Crippen molar-refractivity contribution in [2.75, 3.05) is 32.9 Å². The van der Waals surface area contributed by atoms with Crippen molar-refractivity contribution in [2.24, 2.45) is 0 Å². The summed E-state index contributed by atoms with van der Waals surface area (Å²) in [4.78, 5) is 31.0. The van der Waals surface area contributed by atoms with Crippen LogP contribution in [-0.4, -0.2) is 63.0 Å². The van der Waals surface area contributed by atoms with Gasteiger partial charge in [-0.1, -0.05) is 6.07 Å². The number of likely N-dealkylation sites (N-methyl/N-ethyl adjacent to an activating group) is 1. The number of ether oxygens (including phenoxy) is 2. The quantitative estimate of drug-likeness (QED) is 0.407. The van der Waals surface area contributed by atoms with E-state index in [1.807, 2.05) is 25.2 Å². The van der Waals surface area contributed by atoms with Gasteiger partial charge in [-0.25, -0.2) is 18.4 Å². The molecule has 0 radical (unpaired) electrons. The van der Waals surface area contributed by atoms with Crippen LogP contribution in [0, 0.1) is 23.0 Å². The number of nitriles is 1. The molecule has 3 atom stereocenters. The summed E-state index contributed by atoms with van der Waals surface area (Å²) < 4.78 is 78.7. The molecule has 2 fully saturated rings. The van der Waals surface area contributed by atoms with Crippen LogP contribution in [-0.2, 0) is 15.0 Å². The number of carbonyl (C=O) groups excluding carboxylic acids is 2. The van der Waals surface area contributed by atoms with Crippen molar-refractivity contribution >= 4 is 17.7 Å². The van der Waals surface area contributed by atoms with Crippen LogP contribution in [0.3, 0.4) is 0 Å². The van der Waals surface area contributed by atoms with Gasteiger partial charge in [-0.05, 0) is 63.0 Å². The van der Waals surface area contributed by atoms with Gasteiger partial charge in [-0.3, -0.25) is 0 Å². The standard InChI is InChI=1S/C27H27F5N4O5/c1-35-9-8-26(16-4-5-21(39-2)22(11-16)40-3)7-6-17(12-23(26)35)34-25(38)36(41-24(37)27(30,31)32)20-13-18(28)15(14-33)10-19(20)29/h4-5,10-11,13,17,23H,6-9,12H2,1-3H3,(H,34,38)/t17-,23+,26+/m1/s1. The molecule has 1 saturated heterocycles. The Labute approximate surface area is 232 Å². The summed E-state index contributed by atoms with van der Waals surface area (Å²) in [7, 11) is 4.98. The molecule has 9 nitrogen and oxygen atoms in total. The first-order chi connectivity index (χ1) is 19.3. The molecule has 0 unspecified atom stereocenters. The van der Waals surface area contributed by atoms with Gasteiger partial charge in [0.1, 0.15) is 17.6 Å². The second-order valence-corrected chi connectivity index (χ2v) is 9.96. The van der Waals surface area contributed by atoms with E-state index >= 15 is 0 Å². The van der Waals surface area contributed by atoms with E-state index in [0.29, 0.717) is 42.9 Å². The Kier molecular flexibility index (Phi) is 8.30. The number of benzene rings is 2. The van der Waals surface area contributed by atoms with E-state index in [9.17, 15) is 31.5 Å². The first kappa shape index (κ1) is 29.9. The van der Waals surface area contributed by atoms with E-state index in [0.717, 1.165) is 18.5 Å². The highest BCUT2D eigenvalue weighted by Gasteiger charge is 2.51. The van der Waals surface area contributed by atoms with E-state index in [-0.39, 0.29) is 16.5 Å². The van der Waals surface area contributed by atoms with Crippen molar-refractivity contribution in [3.63, 3.8) is 0 Å². The van der Waals surface area contributed by atoms with Gasteiger partial charge in [-0.15, -0.1) is 5.06 Å². The van der Waals surface area contributed by atoms with Crippen molar-refractivity contribution in [1.82, 2.24) is 10.2 Å². The number of likely N-dealkylation sites (tertiary alicyclic amines) is 1. The van der Waals surface area contributed by atoms with E-state index in [1.54, 1.807) is 0 Å². The normalized spacial score (nSPS) is 22.3. The average molecular weight is 583 g/mol. The van der Waals surface area contributed by atoms with Gasteiger partial charge < -0.3 is 24.5 Å². The highest BCUT2D eigenvalue weighted by Crippen LogP contribution is 2.50. The molecule has 14 heteroatoms. The molecule has 1 aliphatic heterocycles. The number of hydroxylamine groups is 1. The minimum absolute atomic E-state index is 0.102. The van der Waals surface area contributed by atoms with Crippen molar-refractivity contribution in [3.05, 3.63) is 53.1 Å². The summed E-state index contributed by atoms with van der Waals surface area (Å²) in [6.45, 7) is 0.741. The van der Waals surface area contributed by atoms with Crippen molar-refractivity contribution in [2.45, 2.75) is 49.4 Å². The van der Waals surface area contributed by atoms with Crippen LogP contribution >= 0.6 is 0 Å². The summed E-state index contributed by atoms with van der Waals surface area (Å²) in [5.41, 5.74) is -1.17. The highest BCUT2D eigenvalue weighted by atomic mass is 19.4. The van der Waals surface area contributed by atoms with Gasteiger partial charge in [0.15, 0.2) is 17.3 Å². The smallest absolute Gasteiger partial charge is 0.493 e. The second kappa shape index (κ2) is 11.4. The largest absolute Gasteiger partial charge is 0.493 e. The first-order valence-electron chi connectivity index (χ1n) is 12.6. The number of amides is 2. The topological polar surface area (TPSA) is 104 Å². The van der Waals surface area contributed by atoms with Crippen LogP contribution in [0.25, 0.3) is 0 Å². The first-order valence-corrected chi connectivity index (χ1v) is 12.6. The summed E-state index contributed by atoms with van der Waals surface area (Å²) in [5, 5.41) is 11.1. The fourth-order valence-corrected chi connectivity index (χ4v) is 5.74. The average Bonchev–Trinajstić information content (AvgIpc) is 3.28. The molecule has 1 aliphatic carbocycles. The molecule has 0 spiro atoms. The SMILES string of the molecule is COc1ccc([C@@]23CC[C@@H](NC(=O)N(OC(=O)C(F)(F)F)c4cc(F)c(C#N)cc4F)C[C@@H]2N(C)CC3)cc1OC. The number of hydrogen-bond donors (Lipinski definition) is 1. The molecule has 1 heterocycles. The molecular formula is C27H27F5N4O5. The summed E-state index contributed by atoms with van der Waals surface area (Å²) in [5.74, 6) is -4.46. The highest BCUT2D eigenvalue weighted by molar-refractivity contribution is 5.93. The summed E-state index contributed by atoms with van der Waals surface area (Å²) in [6, 6.07) is 5.62. The zero-order chi connectivity index (χ0) is 30.1. The summed E-state index contributed by atoms with van der Waals surface area (Å²) in [6.07, 6.45) is -3.41. The Morgan fingerprint density at radius 2 is 1.80 bits per heavy atom. The Morgan fingerprint density at radius 1 is 1.10 bits per heavy atom. The molecule has 0 aromatic heterocycles. The lowest BCUT2D eigenvalue weighted by Crippen LogP contribution is -2.54. The Balaban J connectivity index is 1.60. The van der Waals surface area contributed by atoms with Gasteiger partial charge in [0.25, 0.3) is 0 Å². The molecule has 4 rings (SSSR count). The monoisotopic (exact) mass is 582 g/mol. The van der Waals surface area contributed by atoms with E-state index < -0.39 is 47.1 Å². The predicted octanol–water partition coefficient (Wildman–Crippen LogP) is 4.58. The Bertz CT molecular complexity index is 1380. The number of nitrogens with zero attached hydrogens (tertiary/aromatic N) is 3. The lowest BCUT2D eigenvalue weighted by Gasteiger charge is -2.45. The Morgan fingerprint density at radius 3 is 2.44 bits per heavy atom. The fraction of sp³-hybridized carbons (Fsp3) is 0.444. The molecular weight excluding hydrogens is 555 g/mol. The van der Waals surface area contributed by atoms with Crippen LogP contribution < -0.4 is 19.9 Å². The maximum absolute atomic E-state index is 14.7. The zero-order valence-corrected chi connectivity index (χ0v) is 22.3. The van der Waals surface area contributed by atoms with E-state index in [1.165, 1.54) is 20.3 Å². The minimum atomic E-state index is -5.53. The third-order valence-corrected chi connectivity index (χ3v) is 7.78. The number of urea groups is 1. The van der Waals surface area contributed by atoms with Crippen LogP contribution in [0.4, 0.5) is 32.4 Å². The Hall–Kier alpha value is -4.12. The third-order valence-electron chi connectivity index (χ3n) is 7.78. The molecule has 0 bridgehead atoms. The molecule has 2 amide bonds. The number of fused-ring (bicyclic) bond motifs is 1. The van der Waals surface area contributed by atoms with Crippen LogP contribution in [0.15, 0.2) is 30.3 Å². The van der Waals surface area contributed by atoms with Gasteiger partial charge in [-0.2, -0.15) is 18.4 Å². The predicted molar refractivity (Wildman–Crippen MR) is 134 cm³/mol. The van der Waals surface area contributed by atoms with E-state index in [4.69, 9.17) is 14.7 Å². The molecule has 1 N–H and O–H groups in total. The summed E-state index contributed by atoms with van der Waals surface area (Å²) >= 11 is 0. The van der Waals surface area contributed by atoms with Gasteiger partial charge in [0.05, 0.1) is 19.8 Å². The number of methoxy groups -OCH3 is 2. The van der Waals surface area contributed by atoms with Gasteiger partial charge >= 0.3 is 18.2 Å². The maximum atomic E-state index is 14.7. The minimum Gasteiger partial charge on any atom is -0.493 e. The molecule has 2 aromatic rings. The van der Waals surface area contributed by atoms with Gasteiger partial charge in [0.2, 0.25) is 0 Å². The molecule has 220 valence electrons. The maximum Gasteiger partial charge on any atom is 0.493 e. The molecule has 2 aromatic carbocycles. The van der Waals surface area contributed by atoms with Crippen molar-refractivity contribution in [3.8, 4) is 17.6 Å². The molecule has 1 saturated carbocycles.